The third-order valence-electron chi connectivity index (χ3n) is 4.71. The summed E-state index contributed by atoms with van der Waals surface area (Å²) in [4.78, 5) is 29.9. The SMILES string of the molecule is O=c1[nH]c(O)c(C=c2cnn3c(=NC4CC4)nc(NCCOc4cccc(Cl)c4)nc23)[nH]1. The van der Waals surface area contributed by atoms with Gasteiger partial charge in [-0.1, -0.05) is 17.7 Å². The van der Waals surface area contributed by atoms with Crippen molar-refractivity contribution < 1.29 is 9.84 Å². The van der Waals surface area contributed by atoms with Crippen LogP contribution in [0.15, 0.2) is 40.2 Å². The number of rotatable bonds is 7. The molecule has 0 spiro atoms. The Balaban J connectivity index is 1.43. The van der Waals surface area contributed by atoms with E-state index in [1.165, 1.54) is 0 Å². The van der Waals surface area contributed by atoms with E-state index in [4.69, 9.17) is 16.3 Å². The van der Waals surface area contributed by atoms with Crippen molar-refractivity contribution in [2.45, 2.75) is 18.9 Å². The molecule has 4 aromatic rings. The molecule has 12 heteroatoms. The first-order chi connectivity index (χ1) is 15.5. The van der Waals surface area contributed by atoms with Gasteiger partial charge in [-0.25, -0.2) is 9.79 Å². The number of aromatic amines is 2. The molecule has 4 N–H and O–H groups in total. The highest BCUT2D eigenvalue weighted by Gasteiger charge is 2.21. The van der Waals surface area contributed by atoms with Crippen LogP contribution >= 0.6 is 11.6 Å². The zero-order valence-electron chi connectivity index (χ0n) is 16.7. The molecular formula is C20H19ClN8O3. The topological polar surface area (TPSA) is 146 Å². The zero-order valence-corrected chi connectivity index (χ0v) is 17.5. The average molecular weight is 455 g/mol. The minimum absolute atomic E-state index is 0.230. The van der Waals surface area contributed by atoms with Crippen LogP contribution in [0, 0.1) is 0 Å². The Kier molecular flexibility index (Phi) is 5.23. The number of nitrogens with one attached hydrogen (secondary N) is 3. The highest BCUT2D eigenvalue weighted by molar-refractivity contribution is 6.30. The lowest BCUT2D eigenvalue weighted by Crippen LogP contribution is -2.25. The molecule has 1 aliphatic rings. The maximum absolute atomic E-state index is 11.4. The van der Waals surface area contributed by atoms with Gasteiger partial charge in [0.15, 0.2) is 5.65 Å². The van der Waals surface area contributed by atoms with Crippen LogP contribution in [-0.4, -0.2) is 53.9 Å². The Hall–Kier alpha value is -3.86. The predicted molar refractivity (Wildman–Crippen MR) is 117 cm³/mol. The van der Waals surface area contributed by atoms with Crippen LogP contribution < -0.4 is 26.6 Å². The fourth-order valence-electron chi connectivity index (χ4n) is 3.05. The molecule has 0 bridgehead atoms. The maximum Gasteiger partial charge on any atom is 0.326 e. The molecule has 0 atom stereocenters. The first kappa shape index (κ1) is 20.1. The number of aromatic nitrogens is 6. The first-order valence-electron chi connectivity index (χ1n) is 10.00. The number of aromatic hydroxyl groups is 1. The lowest BCUT2D eigenvalue weighted by Gasteiger charge is -2.08. The van der Waals surface area contributed by atoms with Crippen molar-refractivity contribution in [3.8, 4) is 11.6 Å². The van der Waals surface area contributed by atoms with Crippen LogP contribution in [0.2, 0.25) is 5.02 Å². The minimum Gasteiger partial charge on any atom is -0.493 e. The van der Waals surface area contributed by atoms with E-state index in [1.807, 2.05) is 12.1 Å². The molecule has 1 aromatic carbocycles. The molecule has 1 fully saturated rings. The Labute approximate surface area is 185 Å². The van der Waals surface area contributed by atoms with E-state index in [1.54, 1.807) is 28.9 Å². The van der Waals surface area contributed by atoms with Gasteiger partial charge in [-0.15, -0.1) is 0 Å². The van der Waals surface area contributed by atoms with Crippen molar-refractivity contribution in [2.75, 3.05) is 18.5 Å². The van der Waals surface area contributed by atoms with Gasteiger partial charge in [0.2, 0.25) is 11.8 Å². The van der Waals surface area contributed by atoms with Crippen LogP contribution in [0.4, 0.5) is 5.95 Å². The number of hydrogen-bond donors (Lipinski definition) is 4. The first-order valence-corrected chi connectivity index (χ1v) is 10.4. The van der Waals surface area contributed by atoms with Crippen LogP contribution in [0.1, 0.15) is 18.5 Å². The highest BCUT2D eigenvalue weighted by atomic mass is 35.5. The monoisotopic (exact) mass is 454 g/mol. The van der Waals surface area contributed by atoms with E-state index in [0.29, 0.717) is 46.4 Å². The van der Waals surface area contributed by atoms with E-state index in [9.17, 15) is 9.90 Å². The van der Waals surface area contributed by atoms with Crippen LogP contribution in [0.3, 0.4) is 0 Å². The maximum atomic E-state index is 11.4. The van der Waals surface area contributed by atoms with Gasteiger partial charge in [0.1, 0.15) is 18.1 Å². The van der Waals surface area contributed by atoms with Gasteiger partial charge in [-0.05, 0) is 37.1 Å². The summed E-state index contributed by atoms with van der Waals surface area (Å²) in [7, 11) is 0. The van der Waals surface area contributed by atoms with E-state index >= 15 is 0 Å². The summed E-state index contributed by atoms with van der Waals surface area (Å²) in [6, 6.07) is 7.40. The molecule has 3 heterocycles. The van der Waals surface area contributed by atoms with Gasteiger partial charge < -0.3 is 20.1 Å². The summed E-state index contributed by atoms with van der Waals surface area (Å²) in [5.74, 6) is 0.782. The number of halogens is 1. The summed E-state index contributed by atoms with van der Waals surface area (Å²) < 4.78 is 7.23. The van der Waals surface area contributed by atoms with Gasteiger partial charge in [-0.3, -0.25) is 4.98 Å². The van der Waals surface area contributed by atoms with Gasteiger partial charge >= 0.3 is 5.69 Å². The molecule has 5 rings (SSSR count). The number of nitrogens with zero attached hydrogens (tertiary/aromatic N) is 5. The van der Waals surface area contributed by atoms with Crippen molar-refractivity contribution in [3.05, 3.63) is 62.5 Å². The zero-order chi connectivity index (χ0) is 22.1. The molecule has 0 aliphatic heterocycles. The molecule has 164 valence electrons. The normalized spacial score (nSPS) is 14.9. The second-order valence-corrected chi connectivity index (χ2v) is 7.70. The van der Waals surface area contributed by atoms with E-state index in [2.05, 4.69) is 35.3 Å². The molecule has 1 aliphatic carbocycles. The van der Waals surface area contributed by atoms with E-state index < -0.39 is 5.69 Å². The number of fused-ring (bicyclic) bond motifs is 1. The molecule has 0 saturated heterocycles. The molecule has 0 radical (unpaired) electrons. The van der Waals surface area contributed by atoms with E-state index in [0.717, 1.165) is 12.8 Å². The standard InChI is InChI=1S/C20H19ClN8O3/c21-12-2-1-3-14(9-12)32-7-6-22-18-26-16-11(8-15-17(30)27-20(31)25-15)10-23-29(16)19(28-18)24-13-4-5-13/h1-3,8-10,13,30H,4-7H2,(H,22,24,28)(H2,25,27,31). The van der Waals surface area contributed by atoms with Gasteiger partial charge in [0.05, 0.1) is 18.8 Å². The fraction of sp³-hybridized carbons (Fsp3) is 0.250. The quantitative estimate of drug-likeness (QED) is 0.299. The van der Waals surface area contributed by atoms with Gasteiger partial charge in [0.25, 0.3) is 5.62 Å². The Morgan fingerprint density at radius 1 is 1.34 bits per heavy atom. The van der Waals surface area contributed by atoms with Crippen molar-refractivity contribution in [1.29, 1.82) is 0 Å². The summed E-state index contributed by atoms with van der Waals surface area (Å²) in [5, 5.41) is 18.5. The molecule has 3 aromatic heterocycles. The Bertz CT molecular complexity index is 1450. The van der Waals surface area contributed by atoms with Crippen LogP contribution in [0.25, 0.3) is 11.7 Å². The van der Waals surface area contributed by atoms with E-state index in [-0.39, 0.29) is 17.6 Å². The van der Waals surface area contributed by atoms with Crippen molar-refractivity contribution >= 4 is 29.3 Å². The largest absolute Gasteiger partial charge is 0.493 e. The third kappa shape index (κ3) is 4.42. The number of H-pyrrole nitrogens is 2. The van der Waals surface area contributed by atoms with Crippen LogP contribution in [0.5, 0.6) is 11.6 Å². The second kappa shape index (κ2) is 8.35. The second-order valence-electron chi connectivity index (χ2n) is 7.26. The molecule has 0 amide bonds. The lowest BCUT2D eigenvalue weighted by molar-refractivity contribution is 0.332. The number of imidazole rings is 1. The highest BCUT2D eigenvalue weighted by Crippen LogP contribution is 2.22. The molecule has 0 unspecified atom stereocenters. The lowest BCUT2D eigenvalue weighted by atomic mass is 10.3. The summed E-state index contributed by atoms with van der Waals surface area (Å²) in [5.41, 5.74) is 0.640. The number of hydrogen-bond acceptors (Lipinski definition) is 8. The molecule has 32 heavy (non-hydrogen) atoms. The van der Waals surface area contributed by atoms with Crippen molar-refractivity contribution in [1.82, 2.24) is 29.5 Å². The van der Waals surface area contributed by atoms with Crippen molar-refractivity contribution in [2.24, 2.45) is 4.99 Å². The van der Waals surface area contributed by atoms with Gasteiger partial charge in [-0.2, -0.15) is 19.6 Å². The van der Waals surface area contributed by atoms with Crippen molar-refractivity contribution in [3.63, 3.8) is 0 Å². The Morgan fingerprint density at radius 2 is 2.22 bits per heavy atom. The third-order valence-corrected chi connectivity index (χ3v) is 4.94. The summed E-state index contributed by atoms with van der Waals surface area (Å²) in [6.07, 6.45) is 5.18. The molecule has 11 nitrogen and oxygen atoms in total. The Morgan fingerprint density at radius 3 is 2.97 bits per heavy atom. The number of anilines is 1. The smallest absolute Gasteiger partial charge is 0.326 e. The number of ether oxygens (including phenoxy) is 1. The fourth-order valence-corrected chi connectivity index (χ4v) is 3.23. The predicted octanol–water partition coefficient (Wildman–Crippen LogP) is 0.601. The average Bonchev–Trinajstić information content (AvgIpc) is 3.40. The summed E-state index contributed by atoms with van der Waals surface area (Å²) >= 11 is 5.97. The van der Waals surface area contributed by atoms with Gasteiger partial charge in [0, 0.05) is 10.2 Å². The molecule has 1 saturated carbocycles. The number of benzene rings is 1. The molecular weight excluding hydrogens is 436 g/mol. The minimum atomic E-state index is -0.508. The summed E-state index contributed by atoms with van der Waals surface area (Å²) in [6.45, 7) is 0.825. The van der Waals surface area contributed by atoms with Crippen LogP contribution in [-0.2, 0) is 0 Å².